The zero-order valence-corrected chi connectivity index (χ0v) is 15.1. The summed E-state index contributed by atoms with van der Waals surface area (Å²) in [7, 11) is 2.51. The number of hydrogen-bond acceptors (Lipinski definition) is 5. The summed E-state index contributed by atoms with van der Waals surface area (Å²) < 4.78 is 47.0. The van der Waals surface area contributed by atoms with Gasteiger partial charge in [0.05, 0.1) is 17.9 Å². The zero-order chi connectivity index (χ0) is 20.8. The van der Waals surface area contributed by atoms with E-state index in [4.69, 9.17) is 4.74 Å². The number of nitrogens with zero attached hydrogens (tertiary/aromatic N) is 4. The van der Waals surface area contributed by atoms with Crippen molar-refractivity contribution in [2.75, 3.05) is 6.61 Å². The number of benzene rings is 1. The summed E-state index contributed by atoms with van der Waals surface area (Å²) in [5.74, 6) is 0. The lowest BCUT2D eigenvalue weighted by atomic mass is 10.2. The number of fused-ring (bicyclic) bond motifs is 1. The van der Waals surface area contributed by atoms with Crippen molar-refractivity contribution in [2.45, 2.75) is 13.1 Å². The molecule has 3 aromatic rings. The second-order valence-electron chi connectivity index (χ2n) is 5.92. The summed E-state index contributed by atoms with van der Waals surface area (Å²) in [6.45, 7) is 1.64. The maximum atomic E-state index is 13.1. The van der Waals surface area contributed by atoms with Gasteiger partial charge in [-0.2, -0.15) is 18.2 Å². The average molecular weight is 396 g/mol. The van der Waals surface area contributed by atoms with Crippen molar-refractivity contribution in [1.29, 1.82) is 0 Å². The largest absolute Gasteiger partial charge is 0.465 e. The van der Waals surface area contributed by atoms with E-state index in [1.807, 2.05) is 0 Å². The number of halogens is 3. The lowest BCUT2D eigenvalue weighted by Gasteiger charge is -2.15. The average Bonchev–Trinajstić information content (AvgIpc) is 2.64. The van der Waals surface area contributed by atoms with Gasteiger partial charge in [0.2, 0.25) is 0 Å². The molecule has 148 valence electrons. The van der Waals surface area contributed by atoms with Crippen molar-refractivity contribution in [1.82, 2.24) is 18.7 Å². The van der Waals surface area contributed by atoms with Gasteiger partial charge in [0.25, 0.3) is 11.1 Å². The third kappa shape index (κ3) is 2.98. The van der Waals surface area contributed by atoms with Crippen LogP contribution >= 0.6 is 0 Å². The van der Waals surface area contributed by atoms with Gasteiger partial charge < -0.3 is 4.74 Å². The summed E-state index contributed by atoms with van der Waals surface area (Å²) in [6, 6.07) is 3.67. The van der Waals surface area contributed by atoms with Gasteiger partial charge in [0.1, 0.15) is 5.39 Å². The number of aromatic nitrogens is 4. The Morgan fingerprint density at radius 2 is 1.75 bits per heavy atom. The van der Waals surface area contributed by atoms with Gasteiger partial charge in [0, 0.05) is 14.1 Å². The van der Waals surface area contributed by atoms with Crippen molar-refractivity contribution in [3.8, 4) is 11.7 Å². The Morgan fingerprint density at radius 1 is 1.07 bits per heavy atom. The van der Waals surface area contributed by atoms with Crippen molar-refractivity contribution in [3.05, 3.63) is 61.0 Å². The van der Waals surface area contributed by atoms with E-state index in [-0.39, 0.29) is 24.0 Å². The lowest BCUT2D eigenvalue weighted by Crippen LogP contribution is -2.41. The van der Waals surface area contributed by atoms with E-state index in [9.17, 15) is 27.6 Å². The summed E-state index contributed by atoms with van der Waals surface area (Å²) >= 11 is 0. The van der Waals surface area contributed by atoms with Gasteiger partial charge >= 0.3 is 17.9 Å². The van der Waals surface area contributed by atoms with E-state index in [0.29, 0.717) is 0 Å². The van der Waals surface area contributed by atoms with Crippen LogP contribution in [0.4, 0.5) is 13.2 Å². The Kier molecular flexibility index (Phi) is 4.61. The Morgan fingerprint density at radius 3 is 2.36 bits per heavy atom. The van der Waals surface area contributed by atoms with Crippen LogP contribution in [-0.4, -0.2) is 25.3 Å². The molecule has 0 bridgehead atoms. The molecule has 0 saturated carbocycles. The summed E-state index contributed by atoms with van der Waals surface area (Å²) in [4.78, 5) is 41.7. The van der Waals surface area contributed by atoms with E-state index in [0.717, 1.165) is 31.9 Å². The number of alkyl halides is 3. The van der Waals surface area contributed by atoms with Crippen LogP contribution in [0.5, 0.6) is 6.01 Å². The Hall–Kier alpha value is -3.37. The summed E-state index contributed by atoms with van der Waals surface area (Å²) in [6.07, 6.45) is -4.63. The molecule has 0 atom stereocenters. The first-order valence-corrected chi connectivity index (χ1v) is 8.11. The molecule has 0 radical (unpaired) electrons. The number of aryl methyl sites for hydroxylation is 1. The summed E-state index contributed by atoms with van der Waals surface area (Å²) in [5, 5.41) is -0.439. The molecule has 1 aromatic carbocycles. The SMILES string of the molecule is CCOc1nc2c(c(=O)n1-c1cccc(C(F)(F)F)c1)c(=O)n(C)c(=O)n2C. The lowest BCUT2D eigenvalue weighted by molar-refractivity contribution is -0.137. The van der Waals surface area contributed by atoms with E-state index in [1.165, 1.54) is 20.2 Å². The molecule has 0 fully saturated rings. The molecule has 8 nitrogen and oxygen atoms in total. The number of rotatable bonds is 3. The second kappa shape index (κ2) is 6.66. The third-order valence-corrected chi connectivity index (χ3v) is 4.15. The van der Waals surface area contributed by atoms with Crippen LogP contribution in [-0.2, 0) is 20.3 Å². The minimum Gasteiger partial charge on any atom is -0.465 e. The Balaban J connectivity index is 2.49. The highest BCUT2D eigenvalue weighted by Gasteiger charge is 2.31. The molecular weight excluding hydrogens is 381 g/mol. The molecular formula is C17H15F3N4O4. The van der Waals surface area contributed by atoms with Crippen molar-refractivity contribution in [3.63, 3.8) is 0 Å². The fourth-order valence-corrected chi connectivity index (χ4v) is 2.77. The molecule has 0 amide bonds. The van der Waals surface area contributed by atoms with Crippen LogP contribution in [0.25, 0.3) is 16.7 Å². The van der Waals surface area contributed by atoms with E-state index in [1.54, 1.807) is 6.92 Å². The Bertz CT molecular complexity index is 1250. The standard InChI is InChI=1S/C17H15F3N4O4/c1-4-28-15-21-12-11(13(25)23(3)16(27)22(12)2)14(26)24(15)10-7-5-6-9(8-10)17(18,19)20/h5-8H,4H2,1-3H3. The van der Waals surface area contributed by atoms with E-state index in [2.05, 4.69) is 4.98 Å². The predicted molar refractivity (Wildman–Crippen MR) is 94.0 cm³/mol. The number of ether oxygens (including phenoxy) is 1. The van der Waals surface area contributed by atoms with Gasteiger partial charge in [-0.15, -0.1) is 0 Å². The van der Waals surface area contributed by atoms with Crippen molar-refractivity contribution < 1.29 is 17.9 Å². The molecule has 0 aliphatic carbocycles. The monoisotopic (exact) mass is 396 g/mol. The van der Waals surface area contributed by atoms with Gasteiger partial charge in [-0.3, -0.25) is 18.7 Å². The van der Waals surface area contributed by atoms with Gasteiger partial charge in [-0.25, -0.2) is 9.36 Å². The maximum absolute atomic E-state index is 13.1. The van der Waals surface area contributed by atoms with Crippen LogP contribution < -0.4 is 21.5 Å². The highest BCUT2D eigenvalue weighted by atomic mass is 19.4. The molecule has 11 heteroatoms. The van der Waals surface area contributed by atoms with Crippen LogP contribution in [0, 0.1) is 0 Å². The molecule has 0 aliphatic rings. The first-order chi connectivity index (χ1) is 13.1. The first kappa shape index (κ1) is 19.4. The maximum Gasteiger partial charge on any atom is 0.416 e. The molecule has 2 heterocycles. The Labute approximate surface area is 155 Å². The van der Waals surface area contributed by atoms with Crippen molar-refractivity contribution in [2.24, 2.45) is 14.1 Å². The van der Waals surface area contributed by atoms with E-state index < -0.39 is 33.9 Å². The summed E-state index contributed by atoms with van der Waals surface area (Å²) in [5.41, 5.74) is -3.92. The zero-order valence-electron chi connectivity index (χ0n) is 15.1. The van der Waals surface area contributed by atoms with Gasteiger partial charge in [0.15, 0.2) is 5.65 Å². The normalized spacial score (nSPS) is 11.8. The fourth-order valence-electron chi connectivity index (χ4n) is 2.77. The third-order valence-electron chi connectivity index (χ3n) is 4.15. The van der Waals surface area contributed by atoms with Crippen molar-refractivity contribution >= 4 is 11.0 Å². The quantitative estimate of drug-likeness (QED) is 0.664. The van der Waals surface area contributed by atoms with Gasteiger partial charge in [-0.05, 0) is 25.1 Å². The van der Waals surface area contributed by atoms with Crippen LogP contribution in [0.3, 0.4) is 0 Å². The van der Waals surface area contributed by atoms with Gasteiger partial charge in [-0.1, -0.05) is 6.07 Å². The molecule has 0 saturated heterocycles. The minimum atomic E-state index is -4.63. The smallest absolute Gasteiger partial charge is 0.416 e. The predicted octanol–water partition coefficient (Wildman–Crippen LogP) is 1.20. The molecule has 3 rings (SSSR count). The molecule has 0 N–H and O–H groups in total. The first-order valence-electron chi connectivity index (χ1n) is 8.11. The number of hydrogen-bond donors (Lipinski definition) is 0. The van der Waals surface area contributed by atoms with Crippen LogP contribution in [0.1, 0.15) is 12.5 Å². The minimum absolute atomic E-state index is 0.0513. The molecule has 2 aromatic heterocycles. The molecule has 28 heavy (non-hydrogen) atoms. The van der Waals surface area contributed by atoms with Crippen LogP contribution in [0.2, 0.25) is 0 Å². The van der Waals surface area contributed by atoms with Crippen LogP contribution in [0.15, 0.2) is 38.6 Å². The topological polar surface area (TPSA) is 88.1 Å². The molecule has 0 spiro atoms. The second-order valence-corrected chi connectivity index (χ2v) is 5.92. The van der Waals surface area contributed by atoms with E-state index >= 15 is 0 Å². The highest BCUT2D eigenvalue weighted by molar-refractivity contribution is 5.73. The molecule has 0 aliphatic heterocycles. The highest BCUT2D eigenvalue weighted by Crippen LogP contribution is 2.30. The fraction of sp³-hybridized carbons (Fsp3) is 0.294. The molecule has 0 unspecified atom stereocenters.